The van der Waals surface area contributed by atoms with Gasteiger partial charge in [-0.1, -0.05) is 0 Å². The van der Waals surface area contributed by atoms with E-state index < -0.39 is 0 Å². The summed E-state index contributed by atoms with van der Waals surface area (Å²) in [5.41, 5.74) is 0.868. The van der Waals surface area contributed by atoms with Gasteiger partial charge >= 0.3 is 0 Å². The van der Waals surface area contributed by atoms with Crippen LogP contribution in [0.4, 0.5) is 5.69 Å². The molecular formula is C5H7N3. The SMILES string of the molecule is CN=Nc1cc[nH]c1. The van der Waals surface area contributed by atoms with Crippen LogP contribution in [0.25, 0.3) is 0 Å². The number of hydrogen-bond donors (Lipinski definition) is 1. The molecule has 0 spiro atoms. The van der Waals surface area contributed by atoms with Crippen LogP contribution in [0, 0.1) is 0 Å². The predicted molar refractivity (Wildman–Crippen MR) is 31.2 cm³/mol. The van der Waals surface area contributed by atoms with Crippen molar-refractivity contribution in [2.75, 3.05) is 7.05 Å². The van der Waals surface area contributed by atoms with Gasteiger partial charge in [0, 0.05) is 19.4 Å². The maximum absolute atomic E-state index is 3.76. The van der Waals surface area contributed by atoms with E-state index >= 15 is 0 Å². The summed E-state index contributed by atoms with van der Waals surface area (Å²) in [6.07, 6.45) is 3.59. The first-order valence-corrected chi connectivity index (χ1v) is 2.36. The zero-order valence-electron chi connectivity index (χ0n) is 4.63. The van der Waals surface area contributed by atoms with Gasteiger partial charge in [-0.25, -0.2) is 0 Å². The van der Waals surface area contributed by atoms with E-state index in [1.807, 2.05) is 12.3 Å². The van der Waals surface area contributed by atoms with E-state index in [-0.39, 0.29) is 0 Å². The molecule has 1 rings (SSSR count). The molecule has 8 heavy (non-hydrogen) atoms. The Morgan fingerprint density at radius 3 is 3.00 bits per heavy atom. The van der Waals surface area contributed by atoms with Gasteiger partial charge < -0.3 is 4.98 Å². The summed E-state index contributed by atoms with van der Waals surface area (Å²) >= 11 is 0. The van der Waals surface area contributed by atoms with Gasteiger partial charge in [-0.3, -0.25) is 0 Å². The lowest BCUT2D eigenvalue weighted by Gasteiger charge is -1.74. The smallest absolute Gasteiger partial charge is 0.103 e. The summed E-state index contributed by atoms with van der Waals surface area (Å²) in [5, 5.41) is 7.34. The number of rotatable bonds is 1. The second-order valence-electron chi connectivity index (χ2n) is 1.37. The van der Waals surface area contributed by atoms with E-state index in [9.17, 15) is 0 Å². The molecule has 0 amide bonds. The van der Waals surface area contributed by atoms with Crippen LogP contribution in [0.5, 0.6) is 0 Å². The molecule has 1 heterocycles. The van der Waals surface area contributed by atoms with Gasteiger partial charge in [-0.15, -0.1) is 0 Å². The van der Waals surface area contributed by atoms with Crippen LogP contribution in [-0.2, 0) is 0 Å². The van der Waals surface area contributed by atoms with Gasteiger partial charge in [0.2, 0.25) is 0 Å². The van der Waals surface area contributed by atoms with Gasteiger partial charge in [-0.05, 0) is 6.07 Å². The number of azo groups is 1. The molecule has 0 aliphatic heterocycles. The molecule has 0 aromatic carbocycles. The Bertz CT molecular complexity index is 164. The molecule has 0 unspecified atom stereocenters. The molecule has 0 fully saturated rings. The van der Waals surface area contributed by atoms with Gasteiger partial charge in [-0.2, -0.15) is 10.2 Å². The average molecular weight is 109 g/mol. The van der Waals surface area contributed by atoms with Crippen molar-refractivity contribution in [1.29, 1.82) is 0 Å². The molecule has 1 N–H and O–H groups in total. The highest BCUT2D eigenvalue weighted by Gasteiger charge is 1.81. The number of aromatic amines is 1. The minimum atomic E-state index is 0.868. The first-order chi connectivity index (χ1) is 3.93. The number of nitrogens with one attached hydrogen (secondary N) is 1. The van der Waals surface area contributed by atoms with Gasteiger partial charge in [0.05, 0.1) is 0 Å². The van der Waals surface area contributed by atoms with Crippen molar-refractivity contribution >= 4 is 5.69 Å². The highest BCUT2D eigenvalue weighted by Crippen LogP contribution is 2.07. The quantitative estimate of drug-likeness (QED) is 0.533. The Labute approximate surface area is 47.5 Å². The molecule has 0 atom stereocenters. The summed E-state index contributed by atoms with van der Waals surface area (Å²) in [7, 11) is 1.65. The molecule has 0 aliphatic carbocycles. The van der Waals surface area contributed by atoms with Crippen molar-refractivity contribution in [2.24, 2.45) is 10.2 Å². The maximum Gasteiger partial charge on any atom is 0.103 e. The van der Waals surface area contributed by atoms with E-state index in [1.165, 1.54) is 0 Å². The Morgan fingerprint density at radius 2 is 2.50 bits per heavy atom. The largest absolute Gasteiger partial charge is 0.366 e. The molecule has 42 valence electrons. The summed E-state index contributed by atoms with van der Waals surface area (Å²) in [6.45, 7) is 0. The topological polar surface area (TPSA) is 40.5 Å². The maximum atomic E-state index is 3.76. The highest BCUT2D eigenvalue weighted by atomic mass is 15.1. The average Bonchev–Trinajstić information content (AvgIpc) is 2.19. The van der Waals surface area contributed by atoms with Crippen molar-refractivity contribution < 1.29 is 0 Å². The molecule has 0 aliphatic rings. The lowest BCUT2D eigenvalue weighted by Crippen LogP contribution is -1.48. The van der Waals surface area contributed by atoms with E-state index in [0.717, 1.165) is 5.69 Å². The monoisotopic (exact) mass is 109 g/mol. The summed E-state index contributed by atoms with van der Waals surface area (Å²) in [4.78, 5) is 2.86. The van der Waals surface area contributed by atoms with Crippen molar-refractivity contribution in [3.63, 3.8) is 0 Å². The molecule has 3 heteroatoms. The zero-order chi connectivity index (χ0) is 5.82. The van der Waals surface area contributed by atoms with Crippen LogP contribution in [-0.4, -0.2) is 12.0 Å². The fourth-order valence-electron chi connectivity index (χ4n) is 0.493. The number of hydrogen-bond acceptors (Lipinski definition) is 2. The van der Waals surface area contributed by atoms with E-state index in [2.05, 4.69) is 15.2 Å². The molecule has 0 bridgehead atoms. The fraction of sp³-hybridized carbons (Fsp3) is 0.200. The van der Waals surface area contributed by atoms with Crippen molar-refractivity contribution in [1.82, 2.24) is 4.98 Å². The molecule has 1 aromatic rings. The number of H-pyrrole nitrogens is 1. The van der Waals surface area contributed by atoms with Crippen molar-refractivity contribution in [2.45, 2.75) is 0 Å². The Hall–Kier alpha value is -1.12. The second kappa shape index (κ2) is 2.26. The van der Waals surface area contributed by atoms with Crippen LogP contribution < -0.4 is 0 Å². The van der Waals surface area contributed by atoms with Crippen LogP contribution in [0.1, 0.15) is 0 Å². The van der Waals surface area contributed by atoms with Crippen LogP contribution in [0.3, 0.4) is 0 Å². The highest BCUT2D eigenvalue weighted by molar-refractivity contribution is 5.31. The number of nitrogens with zero attached hydrogens (tertiary/aromatic N) is 2. The Kier molecular flexibility index (Phi) is 1.42. The third-order valence-corrected chi connectivity index (χ3v) is 0.797. The summed E-state index contributed by atoms with van der Waals surface area (Å²) in [5.74, 6) is 0. The second-order valence-corrected chi connectivity index (χ2v) is 1.37. The fourth-order valence-corrected chi connectivity index (χ4v) is 0.493. The van der Waals surface area contributed by atoms with E-state index in [1.54, 1.807) is 13.2 Å². The Balaban J connectivity index is 2.77. The van der Waals surface area contributed by atoms with Crippen molar-refractivity contribution in [3.05, 3.63) is 18.5 Å². The Morgan fingerprint density at radius 1 is 1.62 bits per heavy atom. The lowest BCUT2D eigenvalue weighted by atomic mass is 10.6. The normalized spacial score (nSPS) is 10.6. The molecule has 0 saturated carbocycles. The van der Waals surface area contributed by atoms with Gasteiger partial charge in [0.25, 0.3) is 0 Å². The zero-order valence-corrected chi connectivity index (χ0v) is 4.63. The predicted octanol–water partition coefficient (Wildman–Crippen LogP) is 1.73. The van der Waals surface area contributed by atoms with Gasteiger partial charge in [0.1, 0.15) is 5.69 Å². The standard InChI is InChI=1S/C5H7N3/c1-6-8-5-2-3-7-4-5/h2-4,7H,1H3. The van der Waals surface area contributed by atoms with E-state index in [4.69, 9.17) is 0 Å². The van der Waals surface area contributed by atoms with E-state index in [0.29, 0.717) is 0 Å². The summed E-state index contributed by atoms with van der Waals surface area (Å²) < 4.78 is 0. The third-order valence-electron chi connectivity index (χ3n) is 0.797. The van der Waals surface area contributed by atoms with Gasteiger partial charge in [0.15, 0.2) is 0 Å². The number of aromatic nitrogens is 1. The van der Waals surface area contributed by atoms with Crippen LogP contribution in [0.2, 0.25) is 0 Å². The van der Waals surface area contributed by atoms with Crippen LogP contribution in [0.15, 0.2) is 28.7 Å². The molecule has 0 saturated heterocycles. The summed E-state index contributed by atoms with van der Waals surface area (Å²) in [6, 6.07) is 1.85. The molecular weight excluding hydrogens is 102 g/mol. The third kappa shape index (κ3) is 0.932. The van der Waals surface area contributed by atoms with Crippen LogP contribution >= 0.6 is 0 Å². The molecule has 0 radical (unpaired) electrons. The minimum absolute atomic E-state index is 0.868. The molecule has 3 nitrogen and oxygen atoms in total. The first-order valence-electron chi connectivity index (χ1n) is 2.36. The molecule has 1 aromatic heterocycles. The minimum Gasteiger partial charge on any atom is -0.366 e. The van der Waals surface area contributed by atoms with Crippen molar-refractivity contribution in [3.8, 4) is 0 Å². The lowest BCUT2D eigenvalue weighted by molar-refractivity contribution is 1.17. The first kappa shape index (κ1) is 5.03.